The topological polar surface area (TPSA) is 41.5 Å². The van der Waals surface area contributed by atoms with Crippen LogP contribution in [0.1, 0.15) is 26.7 Å². The molecule has 0 bridgehead atoms. The molecule has 1 saturated carbocycles. The van der Waals surface area contributed by atoms with Gasteiger partial charge in [-0.05, 0) is 26.7 Å². The first-order valence-electron chi connectivity index (χ1n) is 4.66. The van der Waals surface area contributed by atoms with Crippen molar-refractivity contribution in [1.82, 2.24) is 5.32 Å². The van der Waals surface area contributed by atoms with E-state index in [1.807, 2.05) is 13.8 Å². The fraction of sp³-hybridized carbons (Fsp3) is 1.00. The Bertz CT molecular complexity index is 136. The average Bonchev–Trinajstić information content (AvgIpc) is 2.85. The van der Waals surface area contributed by atoms with Gasteiger partial charge in [0.1, 0.15) is 0 Å². The van der Waals surface area contributed by atoms with Crippen LogP contribution >= 0.6 is 0 Å². The number of nitrogens with one attached hydrogen (secondary N) is 1. The summed E-state index contributed by atoms with van der Waals surface area (Å²) in [6.07, 6.45) is 2.48. The van der Waals surface area contributed by atoms with Gasteiger partial charge in [0.25, 0.3) is 0 Å². The third-order valence-corrected chi connectivity index (χ3v) is 2.10. The Morgan fingerprint density at radius 3 is 2.67 bits per heavy atom. The Balaban J connectivity index is 2.25. The summed E-state index contributed by atoms with van der Waals surface area (Å²) in [6.45, 7) is 5.41. The van der Waals surface area contributed by atoms with E-state index in [4.69, 9.17) is 9.84 Å². The van der Waals surface area contributed by atoms with Crippen LogP contribution in [0.15, 0.2) is 0 Å². The normalized spacial score (nSPS) is 22.2. The van der Waals surface area contributed by atoms with E-state index in [1.165, 1.54) is 12.8 Å². The number of aliphatic hydroxyl groups is 1. The van der Waals surface area contributed by atoms with Crippen molar-refractivity contribution in [1.29, 1.82) is 0 Å². The van der Waals surface area contributed by atoms with Crippen LogP contribution in [0.5, 0.6) is 0 Å². The highest BCUT2D eigenvalue weighted by molar-refractivity contribution is 4.92. The molecule has 0 amide bonds. The summed E-state index contributed by atoms with van der Waals surface area (Å²) in [5, 5.41) is 12.5. The maximum Gasteiger partial charge on any atom is 0.0668 e. The number of rotatable bonds is 6. The Morgan fingerprint density at radius 2 is 2.25 bits per heavy atom. The van der Waals surface area contributed by atoms with Gasteiger partial charge in [-0.1, -0.05) is 0 Å². The van der Waals surface area contributed by atoms with Crippen molar-refractivity contribution in [3.05, 3.63) is 0 Å². The third kappa shape index (κ3) is 3.09. The van der Waals surface area contributed by atoms with Crippen LogP contribution in [0.3, 0.4) is 0 Å². The minimum Gasteiger partial charge on any atom is -0.394 e. The molecule has 0 aromatic rings. The molecule has 1 unspecified atom stereocenters. The third-order valence-electron chi connectivity index (χ3n) is 2.10. The Morgan fingerprint density at radius 1 is 1.58 bits per heavy atom. The van der Waals surface area contributed by atoms with Crippen molar-refractivity contribution in [2.45, 2.75) is 38.3 Å². The van der Waals surface area contributed by atoms with E-state index < -0.39 is 0 Å². The number of hydrogen-bond donors (Lipinski definition) is 2. The molecule has 3 heteroatoms. The SMILES string of the molecule is CCOCC(C)(CO)NC1CC1. The lowest BCUT2D eigenvalue weighted by Gasteiger charge is -2.28. The molecule has 0 aromatic carbocycles. The molecule has 1 fully saturated rings. The van der Waals surface area contributed by atoms with Gasteiger partial charge in [0, 0.05) is 12.6 Å². The lowest BCUT2D eigenvalue weighted by Crippen LogP contribution is -2.50. The van der Waals surface area contributed by atoms with Gasteiger partial charge in [0.2, 0.25) is 0 Å². The molecule has 2 N–H and O–H groups in total. The Labute approximate surface area is 74.1 Å². The summed E-state index contributed by atoms with van der Waals surface area (Å²) in [4.78, 5) is 0. The van der Waals surface area contributed by atoms with Crippen LogP contribution in [0.2, 0.25) is 0 Å². The highest BCUT2D eigenvalue weighted by Gasteiger charge is 2.31. The highest BCUT2D eigenvalue weighted by Crippen LogP contribution is 2.22. The molecule has 0 spiro atoms. The molecule has 0 radical (unpaired) electrons. The van der Waals surface area contributed by atoms with Crippen LogP contribution < -0.4 is 5.32 Å². The Kier molecular flexibility index (Phi) is 3.50. The largest absolute Gasteiger partial charge is 0.394 e. The van der Waals surface area contributed by atoms with E-state index in [9.17, 15) is 0 Å². The smallest absolute Gasteiger partial charge is 0.0668 e. The summed E-state index contributed by atoms with van der Waals surface area (Å²) in [6, 6.07) is 0.614. The fourth-order valence-corrected chi connectivity index (χ4v) is 1.18. The van der Waals surface area contributed by atoms with Crippen molar-refractivity contribution in [3.63, 3.8) is 0 Å². The van der Waals surface area contributed by atoms with Gasteiger partial charge in [-0.25, -0.2) is 0 Å². The minimum atomic E-state index is -0.239. The van der Waals surface area contributed by atoms with Gasteiger partial charge >= 0.3 is 0 Å². The summed E-state index contributed by atoms with van der Waals surface area (Å²) >= 11 is 0. The molecule has 72 valence electrons. The molecular weight excluding hydrogens is 154 g/mol. The van der Waals surface area contributed by atoms with Crippen molar-refractivity contribution < 1.29 is 9.84 Å². The van der Waals surface area contributed by atoms with E-state index >= 15 is 0 Å². The number of aliphatic hydroxyl groups excluding tert-OH is 1. The molecule has 1 rings (SSSR count). The molecule has 1 aliphatic carbocycles. The van der Waals surface area contributed by atoms with Crippen molar-refractivity contribution in [3.8, 4) is 0 Å². The zero-order chi connectivity index (χ0) is 9.03. The maximum absolute atomic E-state index is 9.15. The van der Waals surface area contributed by atoms with Crippen molar-refractivity contribution in [2.75, 3.05) is 19.8 Å². The summed E-state index contributed by atoms with van der Waals surface area (Å²) in [5.74, 6) is 0. The zero-order valence-electron chi connectivity index (χ0n) is 7.97. The van der Waals surface area contributed by atoms with Gasteiger partial charge in [-0.2, -0.15) is 0 Å². The van der Waals surface area contributed by atoms with Crippen LogP contribution in [0, 0.1) is 0 Å². The standard InChI is InChI=1S/C9H19NO2/c1-3-12-7-9(2,6-11)10-8-4-5-8/h8,10-11H,3-7H2,1-2H3. The highest BCUT2D eigenvalue weighted by atomic mass is 16.5. The molecule has 3 nitrogen and oxygen atoms in total. The number of ether oxygens (including phenoxy) is 1. The van der Waals surface area contributed by atoms with E-state index in [2.05, 4.69) is 5.32 Å². The van der Waals surface area contributed by atoms with Crippen LogP contribution in [0.25, 0.3) is 0 Å². The van der Waals surface area contributed by atoms with Crippen LogP contribution in [0.4, 0.5) is 0 Å². The second-order valence-electron chi connectivity index (χ2n) is 3.77. The lowest BCUT2D eigenvalue weighted by atomic mass is 10.1. The first-order valence-corrected chi connectivity index (χ1v) is 4.66. The van der Waals surface area contributed by atoms with Gasteiger partial charge in [-0.3, -0.25) is 0 Å². The Hall–Kier alpha value is -0.120. The van der Waals surface area contributed by atoms with E-state index in [1.54, 1.807) is 0 Å². The van der Waals surface area contributed by atoms with Gasteiger partial charge in [0.15, 0.2) is 0 Å². The maximum atomic E-state index is 9.15. The monoisotopic (exact) mass is 173 g/mol. The summed E-state index contributed by atoms with van der Waals surface area (Å²) < 4.78 is 5.30. The van der Waals surface area contributed by atoms with Crippen molar-refractivity contribution >= 4 is 0 Å². The van der Waals surface area contributed by atoms with E-state index in [0.29, 0.717) is 19.3 Å². The van der Waals surface area contributed by atoms with Crippen LogP contribution in [-0.4, -0.2) is 36.5 Å². The number of hydrogen-bond acceptors (Lipinski definition) is 3. The van der Waals surface area contributed by atoms with Gasteiger partial charge < -0.3 is 15.2 Å². The predicted molar refractivity (Wildman–Crippen MR) is 48.1 cm³/mol. The molecule has 0 saturated heterocycles. The minimum absolute atomic E-state index is 0.142. The van der Waals surface area contributed by atoms with E-state index in [-0.39, 0.29) is 12.1 Å². The molecule has 0 aromatic heterocycles. The quantitative estimate of drug-likeness (QED) is 0.615. The van der Waals surface area contributed by atoms with Gasteiger partial charge in [0.05, 0.1) is 18.8 Å². The van der Waals surface area contributed by atoms with Crippen LogP contribution in [-0.2, 0) is 4.74 Å². The second kappa shape index (κ2) is 4.21. The molecule has 1 aliphatic rings. The molecule has 0 heterocycles. The molecule has 12 heavy (non-hydrogen) atoms. The summed E-state index contributed by atoms with van der Waals surface area (Å²) in [5.41, 5.74) is -0.239. The first-order chi connectivity index (χ1) is 5.70. The van der Waals surface area contributed by atoms with E-state index in [0.717, 1.165) is 0 Å². The molecular formula is C9H19NO2. The lowest BCUT2D eigenvalue weighted by molar-refractivity contribution is 0.0495. The van der Waals surface area contributed by atoms with Crippen molar-refractivity contribution in [2.24, 2.45) is 0 Å². The average molecular weight is 173 g/mol. The second-order valence-corrected chi connectivity index (χ2v) is 3.77. The molecule has 0 aliphatic heterocycles. The zero-order valence-corrected chi connectivity index (χ0v) is 7.97. The summed E-state index contributed by atoms with van der Waals surface area (Å²) in [7, 11) is 0. The predicted octanol–water partition coefficient (Wildman–Crippen LogP) is 0.526. The van der Waals surface area contributed by atoms with Gasteiger partial charge in [-0.15, -0.1) is 0 Å². The first kappa shape index (κ1) is 9.96. The fourth-order valence-electron chi connectivity index (χ4n) is 1.18. The molecule has 1 atom stereocenters.